The first kappa shape index (κ1) is 47.3. The van der Waals surface area contributed by atoms with Crippen LogP contribution in [0.2, 0.25) is 0 Å². The predicted octanol–water partition coefficient (Wildman–Crippen LogP) is 20.9. The molecule has 0 unspecified atom stereocenters. The Morgan fingerprint density at radius 1 is 0.272 bits per heavy atom. The van der Waals surface area contributed by atoms with Crippen molar-refractivity contribution < 1.29 is 27.6 Å². The van der Waals surface area contributed by atoms with Crippen molar-refractivity contribution in [2.24, 2.45) is 4.52 Å². The highest BCUT2D eigenvalue weighted by molar-refractivity contribution is 7.64. The summed E-state index contributed by atoms with van der Waals surface area (Å²) in [6.45, 7) is 0. The Labute approximate surface area is 466 Å². The summed E-state index contributed by atoms with van der Waals surface area (Å²) >= 11 is 0. The molecule has 0 aliphatic carbocycles. The zero-order valence-electron chi connectivity index (χ0n) is 43.2. The largest absolute Gasteiger partial charge is 0.569 e. The number of benzene rings is 14. The second kappa shape index (κ2) is 18.4. The van der Waals surface area contributed by atoms with E-state index in [1.54, 1.807) is 0 Å². The van der Waals surface area contributed by atoms with E-state index in [0.717, 1.165) is 86.9 Å². The third-order valence-corrected chi connectivity index (χ3v) is 19.3. The zero-order chi connectivity index (χ0) is 53.8. The third kappa shape index (κ3) is 7.70. The van der Waals surface area contributed by atoms with E-state index in [-0.39, 0.29) is 11.5 Å². The van der Waals surface area contributed by atoms with E-state index in [2.05, 4.69) is 121 Å². The lowest BCUT2D eigenvalue weighted by Gasteiger charge is -2.23. The Morgan fingerprint density at radius 2 is 0.556 bits per heavy atom. The molecule has 2 aliphatic rings. The van der Waals surface area contributed by atoms with Gasteiger partial charge in [0.1, 0.15) is 23.0 Å². The van der Waals surface area contributed by atoms with E-state index in [1.165, 1.54) is 0 Å². The fourth-order valence-corrected chi connectivity index (χ4v) is 15.9. The number of hydrogen-bond acceptors (Lipinski definition) is 5. The molecule has 7 nitrogen and oxygen atoms in total. The number of fused-ring (bicyclic) bond motifs is 16. The summed E-state index contributed by atoms with van der Waals surface area (Å²) in [5.41, 5.74) is 8.71. The SMILES string of the molecule is O=P1(N=P2(O)Oc3c(-c4ccccc4)cc4ccccc4c3-c3c(c(-c4ccccc4)cc4ccccc34)O2)Oc2c(-c3cccc4ccccc34)cc3ccccc3c2-c2c(c(-c3cccc4ccccc34)cc3ccccc23)O1. The molecule has 2 heterocycles. The van der Waals surface area contributed by atoms with Gasteiger partial charge in [0.15, 0.2) is 0 Å². The van der Waals surface area contributed by atoms with E-state index >= 15 is 4.57 Å². The lowest BCUT2D eigenvalue weighted by Crippen LogP contribution is -2.05. The lowest BCUT2D eigenvalue weighted by atomic mass is 9.85. The average Bonchev–Trinajstić information content (AvgIpc) is 3.67. The molecule has 16 rings (SSSR count). The highest BCUT2D eigenvalue weighted by Gasteiger charge is 2.46. The molecule has 0 saturated carbocycles. The molecular formula is C72H45NO6P2. The van der Waals surface area contributed by atoms with E-state index in [4.69, 9.17) is 22.6 Å². The Bertz CT molecular complexity index is 4760. The van der Waals surface area contributed by atoms with Crippen LogP contribution in [-0.2, 0) is 4.57 Å². The smallest absolute Gasteiger partial charge is 0.408 e. The monoisotopic (exact) mass is 1080 g/mol. The van der Waals surface area contributed by atoms with Gasteiger partial charge in [0, 0.05) is 44.5 Å². The van der Waals surface area contributed by atoms with Crippen LogP contribution in [0.1, 0.15) is 0 Å². The highest BCUT2D eigenvalue weighted by atomic mass is 31.2. The lowest BCUT2D eigenvalue weighted by molar-refractivity contribution is 0.361. The maximum Gasteiger partial charge on any atom is 0.569 e. The highest BCUT2D eigenvalue weighted by Crippen LogP contribution is 2.71. The molecule has 384 valence electrons. The van der Waals surface area contributed by atoms with Gasteiger partial charge in [-0.15, -0.1) is 0 Å². The Hall–Kier alpha value is -9.74. The molecule has 2 aliphatic heterocycles. The molecule has 0 radical (unpaired) electrons. The van der Waals surface area contributed by atoms with Crippen LogP contribution in [0.25, 0.3) is 131 Å². The van der Waals surface area contributed by atoms with Gasteiger partial charge < -0.3 is 18.1 Å². The molecule has 14 aromatic rings. The molecule has 0 fully saturated rings. The molecule has 0 spiro atoms. The van der Waals surface area contributed by atoms with E-state index in [1.807, 2.05) is 146 Å². The summed E-state index contributed by atoms with van der Waals surface area (Å²) in [6.07, 6.45) is 0. The van der Waals surface area contributed by atoms with Crippen LogP contribution in [0.4, 0.5) is 0 Å². The van der Waals surface area contributed by atoms with Crippen molar-refractivity contribution >= 4 is 80.1 Å². The van der Waals surface area contributed by atoms with Crippen molar-refractivity contribution in [3.05, 3.63) is 267 Å². The molecule has 81 heavy (non-hydrogen) atoms. The van der Waals surface area contributed by atoms with Gasteiger partial charge in [0.2, 0.25) is 0 Å². The molecular weight excluding hydrogens is 1040 g/mol. The van der Waals surface area contributed by atoms with Crippen LogP contribution in [0, 0.1) is 0 Å². The van der Waals surface area contributed by atoms with Crippen LogP contribution in [-0.4, -0.2) is 4.89 Å². The zero-order valence-corrected chi connectivity index (χ0v) is 45.0. The topological polar surface area (TPSA) is 86.6 Å². The molecule has 14 aromatic carbocycles. The quantitative estimate of drug-likeness (QED) is 0.173. The van der Waals surface area contributed by atoms with E-state index in [9.17, 15) is 4.89 Å². The fourth-order valence-electron chi connectivity index (χ4n) is 12.4. The fraction of sp³-hybridized carbons (Fsp3) is 0. The number of hydrogen-bond donors (Lipinski definition) is 1. The molecule has 0 aromatic heterocycles. The second-order valence-electron chi connectivity index (χ2n) is 20.6. The molecule has 0 atom stereocenters. The van der Waals surface area contributed by atoms with Crippen molar-refractivity contribution in [2.45, 2.75) is 0 Å². The van der Waals surface area contributed by atoms with Gasteiger partial charge in [-0.25, -0.2) is 4.57 Å². The van der Waals surface area contributed by atoms with Gasteiger partial charge in [0.05, 0.1) is 0 Å². The summed E-state index contributed by atoms with van der Waals surface area (Å²) in [6, 6.07) is 89.6. The standard InChI is InChI=1S/C72H45NO6P2/c74-80(76-69-61(47-21-3-1-4-22-47)41-49-27-9-15-35-55(49)65(69)66-56-36-16-10-28-50(56)42-62(70(66)77-80)48-23-5-2-6-24-48)73-81(75)78-71-63(59-39-19-31-45-25-7-13-33-53(45)59)43-51-29-11-17-37-57(51)67(71)68-58-38-18-12-30-52(58)44-64(72(68)79-81)60-40-20-32-46-26-8-14-34-54(46)60/h1-44,74H. The first-order chi connectivity index (χ1) is 39.9. The summed E-state index contributed by atoms with van der Waals surface area (Å²) in [7, 11) is -10.1. The second-order valence-corrected chi connectivity index (χ2v) is 24.0. The van der Waals surface area contributed by atoms with Crippen LogP contribution in [0.3, 0.4) is 0 Å². The molecule has 0 saturated heterocycles. The predicted molar refractivity (Wildman–Crippen MR) is 332 cm³/mol. The van der Waals surface area contributed by atoms with Crippen molar-refractivity contribution in [1.29, 1.82) is 0 Å². The summed E-state index contributed by atoms with van der Waals surface area (Å²) in [5.74, 6) is 1.15. The van der Waals surface area contributed by atoms with Crippen molar-refractivity contribution in [1.82, 2.24) is 0 Å². The molecule has 1 N–H and O–H groups in total. The maximum atomic E-state index is 17.4. The molecule has 0 amide bonds. The average molecular weight is 1080 g/mol. The van der Waals surface area contributed by atoms with E-state index in [0.29, 0.717) is 56.0 Å². The first-order valence-electron chi connectivity index (χ1n) is 26.9. The van der Waals surface area contributed by atoms with Gasteiger partial charge in [-0.05, 0) is 111 Å². The van der Waals surface area contributed by atoms with Crippen molar-refractivity contribution in [2.75, 3.05) is 0 Å². The molecule has 9 heteroatoms. The summed E-state index contributed by atoms with van der Waals surface area (Å²) < 4.78 is 51.7. The minimum atomic E-state index is -5.17. The van der Waals surface area contributed by atoms with Crippen molar-refractivity contribution in [3.63, 3.8) is 0 Å². The first-order valence-corrected chi connectivity index (χ1v) is 29.9. The maximum absolute atomic E-state index is 17.4. The van der Waals surface area contributed by atoms with E-state index < -0.39 is 15.5 Å². The summed E-state index contributed by atoms with van der Waals surface area (Å²) in [5, 5.41) is 11.1. The van der Waals surface area contributed by atoms with Crippen molar-refractivity contribution in [3.8, 4) is 89.8 Å². The van der Waals surface area contributed by atoms with Gasteiger partial charge in [-0.3, -0.25) is 4.89 Å². The van der Waals surface area contributed by atoms with Gasteiger partial charge in [0.25, 0.3) is 0 Å². The van der Waals surface area contributed by atoms with Crippen LogP contribution >= 0.6 is 15.5 Å². The third-order valence-electron chi connectivity index (χ3n) is 15.9. The molecule has 0 bridgehead atoms. The number of nitrogens with zero attached hydrogens (tertiary/aromatic N) is 1. The Balaban J connectivity index is 1.06. The Kier molecular flexibility index (Phi) is 10.8. The normalized spacial score (nSPS) is 13.9. The van der Waals surface area contributed by atoms with Gasteiger partial charge in [-0.2, -0.15) is 0 Å². The van der Waals surface area contributed by atoms with Crippen LogP contribution in [0.15, 0.2) is 271 Å². The number of rotatable bonds is 5. The minimum absolute atomic E-state index is 0.269. The van der Waals surface area contributed by atoms with Crippen LogP contribution in [0.5, 0.6) is 23.0 Å². The minimum Gasteiger partial charge on any atom is -0.408 e. The van der Waals surface area contributed by atoms with Gasteiger partial charge in [-0.1, -0.05) is 247 Å². The van der Waals surface area contributed by atoms with Gasteiger partial charge >= 0.3 is 15.5 Å². The Morgan fingerprint density at radius 3 is 0.926 bits per heavy atom. The van der Waals surface area contributed by atoms with Crippen LogP contribution < -0.4 is 18.1 Å². The summed E-state index contributed by atoms with van der Waals surface area (Å²) in [4.78, 5) is 14.1.